The van der Waals surface area contributed by atoms with Crippen LogP contribution >= 0.6 is 11.3 Å². The molecule has 0 radical (unpaired) electrons. The van der Waals surface area contributed by atoms with Gasteiger partial charge in [0.05, 0.1) is 0 Å². The molecule has 0 aliphatic carbocycles. The predicted octanol–water partition coefficient (Wildman–Crippen LogP) is 1.99. The summed E-state index contributed by atoms with van der Waals surface area (Å²) in [6.07, 6.45) is 1.54. The topological polar surface area (TPSA) is 12.0 Å². The first-order valence-electron chi connectivity index (χ1n) is 4.19. The van der Waals surface area contributed by atoms with Gasteiger partial charge in [0.1, 0.15) is 5.67 Å². The number of alkyl halides is 1. The van der Waals surface area contributed by atoms with Gasteiger partial charge in [-0.25, -0.2) is 4.39 Å². The van der Waals surface area contributed by atoms with Crippen molar-refractivity contribution in [1.82, 2.24) is 5.32 Å². The summed E-state index contributed by atoms with van der Waals surface area (Å²) in [6, 6.07) is 2.07. The number of thiophene rings is 1. The van der Waals surface area contributed by atoms with Crippen molar-refractivity contribution in [2.45, 2.75) is 18.5 Å². The molecule has 1 aromatic heterocycles. The maximum Gasteiger partial charge on any atom is 0.136 e. The van der Waals surface area contributed by atoms with Crippen LogP contribution in [0.2, 0.25) is 0 Å². The van der Waals surface area contributed by atoms with Crippen LogP contribution in [0, 0.1) is 0 Å². The molecule has 0 bridgehead atoms. The highest BCUT2D eigenvalue weighted by Gasteiger charge is 2.35. The quantitative estimate of drug-likeness (QED) is 0.759. The van der Waals surface area contributed by atoms with E-state index < -0.39 is 5.67 Å². The molecule has 66 valence electrons. The molecule has 0 unspecified atom stereocenters. The van der Waals surface area contributed by atoms with Crippen molar-refractivity contribution in [3.8, 4) is 0 Å². The van der Waals surface area contributed by atoms with Gasteiger partial charge in [-0.1, -0.05) is 0 Å². The highest BCUT2D eigenvalue weighted by Crippen LogP contribution is 2.23. The Labute approximate surface area is 75.6 Å². The van der Waals surface area contributed by atoms with E-state index in [0.717, 1.165) is 6.42 Å². The van der Waals surface area contributed by atoms with Crippen LogP contribution in [0.1, 0.15) is 12.0 Å². The third kappa shape index (κ3) is 1.67. The number of nitrogens with one attached hydrogen (secondary N) is 1. The number of hydrogen-bond acceptors (Lipinski definition) is 2. The van der Waals surface area contributed by atoms with Gasteiger partial charge in [0, 0.05) is 13.1 Å². The second-order valence-corrected chi connectivity index (χ2v) is 4.17. The molecule has 0 spiro atoms. The summed E-state index contributed by atoms with van der Waals surface area (Å²) in [5.41, 5.74) is 0.353. The van der Waals surface area contributed by atoms with Crippen LogP contribution < -0.4 is 5.32 Å². The van der Waals surface area contributed by atoms with Gasteiger partial charge < -0.3 is 5.32 Å². The first kappa shape index (κ1) is 8.20. The molecule has 1 aliphatic rings. The van der Waals surface area contributed by atoms with Crippen molar-refractivity contribution in [1.29, 1.82) is 0 Å². The number of halogens is 1. The van der Waals surface area contributed by atoms with E-state index >= 15 is 0 Å². The number of rotatable bonds is 3. The third-order valence-electron chi connectivity index (χ3n) is 2.33. The van der Waals surface area contributed by atoms with Gasteiger partial charge in [-0.05, 0) is 35.2 Å². The van der Waals surface area contributed by atoms with Crippen molar-refractivity contribution in [2.75, 3.05) is 13.1 Å². The van der Waals surface area contributed by atoms with Crippen LogP contribution in [0.4, 0.5) is 4.39 Å². The fourth-order valence-corrected chi connectivity index (χ4v) is 2.08. The van der Waals surface area contributed by atoms with E-state index in [2.05, 4.69) is 16.8 Å². The lowest BCUT2D eigenvalue weighted by atomic mass is 9.92. The van der Waals surface area contributed by atoms with Gasteiger partial charge in [-0.15, -0.1) is 0 Å². The molecule has 1 aliphatic heterocycles. The molecular formula is C9H12FNS. The van der Waals surface area contributed by atoms with E-state index in [9.17, 15) is 4.39 Å². The number of aryl methyl sites for hydroxylation is 1. The smallest absolute Gasteiger partial charge is 0.136 e. The molecular weight excluding hydrogens is 173 g/mol. The molecule has 1 fully saturated rings. The molecule has 2 heterocycles. The zero-order valence-corrected chi connectivity index (χ0v) is 7.66. The Balaban J connectivity index is 1.82. The lowest BCUT2D eigenvalue weighted by molar-refractivity contribution is 0.0809. The molecule has 0 saturated carbocycles. The minimum absolute atomic E-state index is 0.539. The molecule has 1 saturated heterocycles. The summed E-state index contributed by atoms with van der Waals surface area (Å²) < 4.78 is 13.4. The normalized spacial score (nSPS) is 20.4. The van der Waals surface area contributed by atoms with Crippen molar-refractivity contribution < 1.29 is 4.39 Å². The second-order valence-electron chi connectivity index (χ2n) is 3.39. The Hall–Kier alpha value is -0.410. The van der Waals surface area contributed by atoms with Crippen molar-refractivity contribution >= 4 is 11.3 Å². The predicted molar refractivity (Wildman–Crippen MR) is 49.3 cm³/mol. The van der Waals surface area contributed by atoms with Crippen molar-refractivity contribution in [3.63, 3.8) is 0 Å². The summed E-state index contributed by atoms with van der Waals surface area (Å²) in [7, 11) is 0. The highest BCUT2D eigenvalue weighted by molar-refractivity contribution is 7.07. The summed E-state index contributed by atoms with van der Waals surface area (Å²) in [5.74, 6) is 0. The molecule has 2 rings (SSSR count). The molecule has 1 nitrogen and oxygen atoms in total. The van der Waals surface area contributed by atoms with E-state index in [0.29, 0.717) is 19.5 Å². The Kier molecular flexibility index (Phi) is 2.15. The maximum absolute atomic E-state index is 13.4. The van der Waals surface area contributed by atoms with Gasteiger partial charge in [0.25, 0.3) is 0 Å². The summed E-state index contributed by atoms with van der Waals surface area (Å²) in [6.45, 7) is 1.08. The lowest BCUT2D eigenvalue weighted by Gasteiger charge is -2.34. The Bertz CT molecular complexity index is 241. The van der Waals surface area contributed by atoms with Crippen LogP contribution in [0.25, 0.3) is 0 Å². The summed E-state index contributed by atoms with van der Waals surface area (Å²) in [4.78, 5) is 0. The fraction of sp³-hybridized carbons (Fsp3) is 0.556. The molecule has 3 heteroatoms. The summed E-state index contributed by atoms with van der Waals surface area (Å²) in [5, 5.41) is 7.09. The molecule has 1 N–H and O–H groups in total. The van der Waals surface area contributed by atoms with Crippen LogP contribution in [0.5, 0.6) is 0 Å². The SMILES string of the molecule is FC1(CCc2ccsc2)CNC1. The highest BCUT2D eigenvalue weighted by atomic mass is 32.1. The standard InChI is InChI=1S/C9H12FNS/c10-9(6-11-7-9)3-1-8-2-4-12-5-8/h2,4-5,11H,1,3,6-7H2. The zero-order valence-electron chi connectivity index (χ0n) is 6.85. The average molecular weight is 185 g/mol. The number of hydrogen-bond donors (Lipinski definition) is 1. The van der Waals surface area contributed by atoms with Crippen LogP contribution in [0.15, 0.2) is 16.8 Å². The monoisotopic (exact) mass is 185 g/mol. The van der Waals surface area contributed by atoms with E-state index in [1.807, 2.05) is 5.38 Å². The van der Waals surface area contributed by atoms with Gasteiger partial charge in [-0.3, -0.25) is 0 Å². The average Bonchev–Trinajstić information content (AvgIpc) is 2.49. The second kappa shape index (κ2) is 3.15. The zero-order chi connectivity index (χ0) is 8.44. The molecule has 12 heavy (non-hydrogen) atoms. The molecule has 0 amide bonds. The molecule has 0 aromatic carbocycles. The van der Waals surface area contributed by atoms with Crippen LogP contribution in [0.3, 0.4) is 0 Å². The Morgan fingerprint density at radius 2 is 2.42 bits per heavy atom. The van der Waals surface area contributed by atoms with Crippen molar-refractivity contribution in [3.05, 3.63) is 22.4 Å². The largest absolute Gasteiger partial charge is 0.310 e. The van der Waals surface area contributed by atoms with Gasteiger partial charge >= 0.3 is 0 Å². The van der Waals surface area contributed by atoms with E-state index in [1.165, 1.54) is 5.56 Å². The van der Waals surface area contributed by atoms with Crippen LogP contribution in [-0.4, -0.2) is 18.8 Å². The first-order valence-corrected chi connectivity index (χ1v) is 5.14. The maximum atomic E-state index is 13.4. The van der Waals surface area contributed by atoms with E-state index in [-0.39, 0.29) is 0 Å². The molecule has 0 atom stereocenters. The minimum atomic E-state index is -0.915. The van der Waals surface area contributed by atoms with Gasteiger partial charge in [-0.2, -0.15) is 11.3 Å². The van der Waals surface area contributed by atoms with E-state index in [4.69, 9.17) is 0 Å². The fourth-order valence-electron chi connectivity index (χ4n) is 1.38. The lowest BCUT2D eigenvalue weighted by Crippen LogP contribution is -2.56. The van der Waals surface area contributed by atoms with Crippen molar-refractivity contribution in [2.24, 2.45) is 0 Å². The Morgan fingerprint density at radius 1 is 1.58 bits per heavy atom. The Morgan fingerprint density at radius 3 is 2.92 bits per heavy atom. The summed E-state index contributed by atoms with van der Waals surface area (Å²) >= 11 is 1.68. The van der Waals surface area contributed by atoms with Gasteiger partial charge in [0.2, 0.25) is 0 Å². The third-order valence-corrected chi connectivity index (χ3v) is 3.06. The van der Waals surface area contributed by atoms with E-state index in [1.54, 1.807) is 11.3 Å². The van der Waals surface area contributed by atoms with Crippen LogP contribution in [-0.2, 0) is 6.42 Å². The first-order chi connectivity index (χ1) is 5.79. The molecule has 1 aromatic rings. The minimum Gasteiger partial charge on any atom is -0.310 e. The van der Waals surface area contributed by atoms with Gasteiger partial charge in [0.15, 0.2) is 0 Å².